The molecule has 1 N–H and O–H groups in total. The largest absolute Gasteiger partial charge is 0.481 e. The SMILES string of the molecule is N#Cc1cnc(N2CCC(CC(=O)O)C2)c([N+](=O)[O-])c1. The smallest absolute Gasteiger partial charge is 0.312 e. The number of carboxylic acids is 1. The van der Waals surface area contributed by atoms with E-state index in [1.54, 1.807) is 4.90 Å². The molecule has 0 bridgehead atoms. The van der Waals surface area contributed by atoms with Crippen molar-refractivity contribution in [1.82, 2.24) is 4.98 Å². The topological polar surface area (TPSA) is 120 Å². The van der Waals surface area contributed by atoms with Crippen molar-refractivity contribution in [2.75, 3.05) is 18.0 Å². The molecule has 0 radical (unpaired) electrons. The number of aromatic nitrogens is 1. The molecular weight excluding hydrogens is 264 g/mol. The van der Waals surface area contributed by atoms with E-state index in [1.807, 2.05) is 6.07 Å². The van der Waals surface area contributed by atoms with E-state index in [2.05, 4.69) is 4.98 Å². The summed E-state index contributed by atoms with van der Waals surface area (Å²) >= 11 is 0. The first kappa shape index (κ1) is 13.7. The van der Waals surface area contributed by atoms with E-state index >= 15 is 0 Å². The van der Waals surface area contributed by atoms with Gasteiger partial charge in [-0.1, -0.05) is 0 Å². The monoisotopic (exact) mass is 276 g/mol. The van der Waals surface area contributed by atoms with Gasteiger partial charge in [-0.25, -0.2) is 4.98 Å². The molecule has 20 heavy (non-hydrogen) atoms. The Labute approximate surface area is 114 Å². The molecule has 0 aliphatic carbocycles. The summed E-state index contributed by atoms with van der Waals surface area (Å²) in [5, 5.41) is 28.6. The molecule has 1 unspecified atom stereocenters. The normalized spacial score (nSPS) is 17.8. The lowest BCUT2D eigenvalue weighted by molar-refractivity contribution is -0.384. The highest BCUT2D eigenvalue weighted by atomic mass is 16.6. The number of carboxylic acid groups (broad SMARTS) is 1. The van der Waals surface area contributed by atoms with Gasteiger partial charge >= 0.3 is 11.7 Å². The predicted molar refractivity (Wildman–Crippen MR) is 68.2 cm³/mol. The van der Waals surface area contributed by atoms with Gasteiger partial charge in [0.1, 0.15) is 6.07 Å². The Balaban J connectivity index is 2.23. The number of hydrogen-bond donors (Lipinski definition) is 1. The van der Waals surface area contributed by atoms with Crippen LogP contribution in [-0.2, 0) is 4.79 Å². The summed E-state index contributed by atoms with van der Waals surface area (Å²) < 4.78 is 0. The van der Waals surface area contributed by atoms with Crippen LogP contribution in [0.4, 0.5) is 11.5 Å². The third kappa shape index (κ3) is 2.83. The van der Waals surface area contributed by atoms with Crippen molar-refractivity contribution >= 4 is 17.5 Å². The third-order valence-electron chi connectivity index (χ3n) is 3.22. The van der Waals surface area contributed by atoms with Crippen LogP contribution in [0.5, 0.6) is 0 Å². The fraction of sp³-hybridized carbons (Fsp3) is 0.417. The maximum absolute atomic E-state index is 11.0. The van der Waals surface area contributed by atoms with Gasteiger partial charge in [0.2, 0.25) is 5.82 Å². The van der Waals surface area contributed by atoms with Gasteiger partial charge in [-0.05, 0) is 12.3 Å². The number of hydrogen-bond acceptors (Lipinski definition) is 6. The van der Waals surface area contributed by atoms with Gasteiger partial charge in [-0.3, -0.25) is 14.9 Å². The first-order valence-corrected chi connectivity index (χ1v) is 6.02. The molecule has 1 aliphatic heterocycles. The van der Waals surface area contributed by atoms with Crippen LogP contribution in [0.2, 0.25) is 0 Å². The first-order valence-electron chi connectivity index (χ1n) is 6.02. The van der Waals surface area contributed by atoms with Gasteiger partial charge in [0.25, 0.3) is 0 Å². The summed E-state index contributed by atoms with van der Waals surface area (Å²) in [6, 6.07) is 3.00. The number of rotatable bonds is 4. The highest BCUT2D eigenvalue weighted by molar-refractivity contribution is 5.67. The Morgan fingerprint density at radius 2 is 2.45 bits per heavy atom. The number of nitro groups is 1. The number of aliphatic carboxylic acids is 1. The average molecular weight is 276 g/mol. The van der Waals surface area contributed by atoms with Crippen LogP contribution >= 0.6 is 0 Å². The molecular formula is C12H12N4O4. The van der Waals surface area contributed by atoms with Gasteiger partial charge < -0.3 is 10.0 Å². The van der Waals surface area contributed by atoms with Gasteiger partial charge in [-0.2, -0.15) is 5.26 Å². The second-order valence-electron chi connectivity index (χ2n) is 4.63. The number of pyridine rings is 1. The summed E-state index contributed by atoms with van der Waals surface area (Å²) in [6.07, 6.45) is 1.98. The average Bonchev–Trinajstić information content (AvgIpc) is 2.85. The number of carbonyl (C=O) groups is 1. The van der Waals surface area contributed by atoms with Crippen LogP contribution in [0.15, 0.2) is 12.3 Å². The zero-order valence-electron chi connectivity index (χ0n) is 10.5. The molecule has 1 aromatic rings. The molecule has 1 atom stereocenters. The lowest BCUT2D eigenvalue weighted by Crippen LogP contribution is -2.22. The van der Waals surface area contributed by atoms with Gasteiger partial charge in [0, 0.05) is 31.8 Å². The Kier molecular flexibility index (Phi) is 3.79. The van der Waals surface area contributed by atoms with E-state index in [4.69, 9.17) is 10.4 Å². The van der Waals surface area contributed by atoms with E-state index in [-0.39, 0.29) is 29.4 Å². The van der Waals surface area contributed by atoms with Crippen LogP contribution in [0, 0.1) is 27.4 Å². The molecule has 0 spiro atoms. The van der Waals surface area contributed by atoms with E-state index in [0.717, 1.165) is 0 Å². The summed E-state index contributed by atoms with van der Waals surface area (Å²) in [7, 11) is 0. The van der Waals surface area contributed by atoms with Crippen molar-refractivity contribution in [2.45, 2.75) is 12.8 Å². The first-order chi connectivity index (χ1) is 9.51. The lowest BCUT2D eigenvalue weighted by atomic mass is 10.1. The fourth-order valence-corrected chi connectivity index (χ4v) is 2.32. The van der Waals surface area contributed by atoms with Crippen molar-refractivity contribution in [1.29, 1.82) is 5.26 Å². The number of anilines is 1. The van der Waals surface area contributed by atoms with Gasteiger partial charge in [0.15, 0.2) is 0 Å². The number of nitriles is 1. The molecule has 1 aliphatic rings. The fourth-order valence-electron chi connectivity index (χ4n) is 2.32. The second-order valence-corrected chi connectivity index (χ2v) is 4.63. The molecule has 104 valence electrons. The van der Waals surface area contributed by atoms with Gasteiger partial charge in [-0.15, -0.1) is 0 Å². The Bertz CT molecular complexity index is 596. The standard InChI is InChI=1S/C12H12N4O4/c13-5-9-3-10(16(19)20)12(14-6-9)15-2-1-8(7-15)4-11(17)18/h3,6,8H,1-2,4,7H2,(H,17,18). The molecule has 0 saturated carbocycles. The maximum atomic E-state index is 11.0. The molecule has 2 rings (SSSR count). The predicted octanol–water partition coefficient (Wildman–Crippen LogP) is 1.16. The van der Waals surface area contributed by atoms with Crippen molar-refractivity contribution in [2.24, 2.45) is 5.92 Å². The molecule has 1 saturated heterocycles. The molecule has 1 fully saturated rings. The van der Waals surface area contributed by atoms with E-state index in [1.165, 1.54) is 12.3 Å². The zero-order valence-corrected chi connectivity index (χ0v) is 10.5. The molecule has 1 aromatic heterocycles. The summed E-state index contributed by atoms with van der Waals surface area (Å²) in [4.78, 5) is 26.8. The highest BCUT2D eigenvalue weighted by Crippen LogP contribution is 2.31. The third-order valence-corrected chi connectivity index (χ3v) is 3.22. The van der Waals surface area contributed by atoms with Crippen LogP contribution < -0.4 is 4.90 Å². The highest BCUT2D eigenvalue weighted by Gasteiger charge is 2.30. The molecule has 8 nitrogen and oxygen atoms in total. The van der Waals surface area contributed by atoms with E-state index in [9.17, 15) is 14.9 Å². The van der Waals surface area contributed by atoms with Gasteiger partial charge in [0.05, 0.1) is 10.5 Å². The van der Waals surface area contributed by atoms with Crippen molar-refractivity contribution in [3.63, 3.8) is 0 Å². The van der Waals surface area contributed by atoms with E-state index in [0.29, 0.717) is 19.5 Å². The quantitative estimate of drug-likeness (QED) is 0.647. The maximum Gasteiger partial charge on any atom is 0.312 e. The minimum Gasteiger partial charge on any atom is -0.481 e. The summed E-state index contributed by atoms with van der Waals surface area (Å²) in [5.74, 6) is -0.717. The summed E-state index contributed by atoms with van der Waals surface area (Å²) in [6.45, 7) is 0.948. The number of nitrogens with zero attached hydrogens (tertiary/aromatic N) is 4. The molecule has 0 aromatic carbocycles. The van der Waals surface area contributed by atoms with Crippen molar-refractivity contribution < 1.29 is 14.8 Å². The molecule has 0 amide bonds. The van der Waals surface area contributed by atoms with Crippen LogP contribution in [0.1, 0.15) is 18.4 Å². The van der Waals surface area contributed by atoms with E-state index < -0.39 is 10.9 Å². The van der Waals surface area contributed by atoms with Crippen LogP contribution in [0.25, 0.3) is 0 Å². The van der Waals surface area contributed by atoms with Crippen molar-refractivity contribution in [3.8, 4) is 6.07 Å². The Morgan fingerprint density at radius 1 is 1.70 bits per heavy atom. The lowest BCUT2D eigenvalue weighted by Gasteiger charge is -2.16. The van der Waals surface area contributed by atoms with Crippen molar-refractivity contribution in [3.05, 3.63) is 27.9 Å². The zero-order chi connectivity index (χ0) is 14.7. The Hall–Kier alpha value is -2.69. The minimum atomic E-state index is -0.876. The molecule has 2 heterocycles. The Morgan fingerprint density at radius 3 is 3.05 bits per heavy atom. The van der Waals surface area contributed by atoms with Crippen LogP contribution in [-0.4, -0.2) is 34.1 Å². The second kappa shape index (κ2) is 5.52. The summed E-state index contributed by atoms with van der Waals surface area (Å²) in [5.41, 5.74) is -0.0956. The molecule has 8 heteroatoms. The minimum absolute atomic E-state index is 0.0375. The van der Waals surface area contributed by atoms with Crippen LogP contribution in [0.3, 0.4) is 0 Å².